The highest BCUT2D eigenvalue weighted by atomic mass is 35.5. The molecule has 0 aromatic carbocycles. The van der Waals surface area contributed by atoms with E-state index in [2.05, 4.69) is 28.7 Å². The molecule has 5 heteroatoms. The minimum atomic E-state index is 0.218. The van der Waals surface area contributed by atoms with Gasteiger partial charge in [0.25, 0.3) is 0 Å². The molecule has 1 aliphatic heterocycles. The summed E-state index contributed by atoms with van der Waals surface area (Å²) in [5, 5.41) is 0. The fourth-order valence-corrected chi connectivity index (χ4v) is 2.37. The fourth-order valence-electron chi connectivity index (χ4n) is 2.10. The molecular weight excluding hydrogens is 238 g/mol. The van der Waals surface area contributed by atoms with E-state index in [9.17, 15) is 0 Å². The highest BCUT2D eigenvalue weighted by molar-refractivity contribution is 6.17. The Kier molecular flexibility index (Phi) is 3.84. The molecule has 17 heavy (non-hydrogen) atoms. The zero-order valence-electron chi connectivity index (χ0n) is 10.5. The summed E-state index contributed by atoms with van der Waals surface area (Å²) in [6, 6.07) is 0. The van der Waals surface area contributed by atoms with Crippen molar-refractivity contribution in [2.45, 2.75) is 38.9 Å². The molecule has 4 nitrogen and oxygen atoms in total. The number of ether oxygens (including phenoxy) is 1. The number of nitrogens with zero attached hydrogens (tertiary/aromatic N) is 3. The molecule has 0 aliphatic carbocycles. The van der Waals surface area contributed by atoms with Crippen molar-refractivity contribution < 1.29 is 4.74 Å². The molecule has 0 amide bonds. The van der Waals surface area contributed by atoms with Crippen LogP contribution in [0.2, 0.25) is 0 Å². The number of aromatic nitrogens is 2. The SMILES string of the molecule is Cc1nc(N2CC(C)OC(C)C2)ncc1CCl. The maximum atomic E-state index is 5.80. The van der Waals surface area contributed by atoms with Crippen LogP contribution in [0, 0.1) is 6.92 Å². The third kappa shape index (κ3) is 2.87. The minimum Gasteiger partial charge on any atom is -0.372 e. The average molecular weight is 256 g/mol. The zero-order valence-corrected chi connectivity index (χ0v) is 11.2. The van der Waals surface area contributed by atoms with Crippen molar-refractivity contribution in [3.05, 3.63) is 17.5 Å². The normalized spacial score (nSPS) is 25.1. The van der Waals surface area contributed by atoms with Crippen LogP contribution in [-0.4, -0.2) is 35.3 Å². The van der Waals surface area contributed by atoms with Crippen LogP contribution in [0.15, 0.2) is 6.20 Å². The maximum absolute atomic E-state index is 5.80. The number of anilines is 1. The van der Waals surface area contributed by atoms with Gasteiger partial charge < -0.3 is 9.64 Å². The number of aryl methyl sites for hydroxylation is 1. The van der Waals surface area contributed by atoms with E-state index in [-0.39, 0.29) is 12.2 Å². The molecule has 2 unspecified atom stereocenters. The summed E-state index contributed by atoms with van der Waals surface area (Å²) in [6.45, 7) is 7.79. The van der Waals surface area contributed by atoms with Gasteiger partial charge >= 0.3 is 0 Å². The van der Waals surface area contributed by atoms with Gasteiger partial charge in [-0.15, -0.1) is 11.6 Å². The predicted molar refractivity (Wildman–Crippen MR) is 68.5 cm³/mol. The van der Waals surface area contributed by atoms with E-state index in [0.717, 1.165) is 30.3 Å². The predicted octanol–water partition coefficient (Wildman–Crippen LogP) is 2.14. The molecule has 1 fully saturated rings. The van der Waals surface area contributed by atoms with Crippen molar-refractivity contribution in [2.75, 3.05) is 18.0 Å². The van der Waals surface area contributed by atoms with Gasteiger partial charge in [0.1, 0.15) is 0 Å². The second kappa shape index (κ2) is 5.19. The first-order valence-electron chi connectivity index (χ1n) is 5.89. The highest BCUT2D eigenvalue weighted by Gasteiger charge is 2.24. The number of hydrogen-bond donors (Lipinski definition) is 0. The summed E-state index contributed by atoms with van der Waals surface area (Å²) in [4.78, 5) is 11.1. The van der Waals surface area contributed by atoms with E-state index in [4.69, 9.17) is 16.3 Å². The molecule has 94 valence electrons. The second-order valence-corrected chi connectivity index (χ2v) is 4.84. The van der Waals surface area contributed by atoms with E-state index in [1.807, 2.05) is 13.1 Å². The second-order valence-electron chi connectivity index (χ2n) is 4.58. The van der Waals surface area contributed by atoms with Crippen molar-refractivity contribution in [2.24, 2.45) is 0 Å². The van der Waals surface area contributed by atoms with Gasteiger partial charge in [-0.2, -0.15) is 0 Å². The Morgan fingerprint density at radius 2 is 2.06 bits per heavy atom. The topological polar surface area (TPSA) is 38.2 Å². The lowest BCUT2D eigenvalue weighted by Crippen LogP contribution is -2.46. The molecule has 2 atom stereocenters. The van der Waals surface area contributed by atoms with Crippen molar-refractivity contribution in [1.29, 1.82) is 0 Å². The van der Waals surface area contributed by atoms with Crippen LogP contribution in [0.5, 0.6) is 0 Å². The maximum Gasteiger partial charge on any atom is 0.225 e. The van der Waals surface area contributed by atoms with Crippen LogP contribution < -0.4 is 4.90 Å². The van der Waals surface area contributed by atoms with Gasteiger partial charge in [-0.3, -0.25) is 0 Å². The van der Waals surface area contributed by atoms with Crippen molar-refractivity contribution in [1.82, 2.24) is 9.97 Å². The zero-order chi connectivity index (χ0) is 12.4. The number of rotatable bonds is 2. The van der Waals surface area contributed by atoms with Crippen LogP contribution in [0.3, 0.4) is 0 Å². The number of hydrogen-bond acceptors (Lipinski definition) is 4. The monoisotopic (exact) mass is 255 g/mol. The first kappa shape index (κ1) is 12.6. The molecule has 1 aliphatic rings. The van der Waals surface area contributed by atoms with Crippen LogP contribution >= 0.6 is 11.6 Å². The summed E-state index contributed by atoms with van der Waals surface area (Å²) < 4.78 is 5.69. The summed E-state index contributed by atoms with van der Waals surface area (Å²) in [5.74, 6) is 1.24. The quantitative estimate of drug-likeness (QED) is 0.759. The Morgan fingerprint density at radius 3 is 2.59 bits per heavy atom. The fraction of sp³-hybridized carbons (Fsp3) is 0.667. The summed E-state index contributed by atoms with van der Waals surface area (Å²) in [7, 11) is 0. The molecule has 0 bridgehead atoms. The van der Waals surface area contributed by atoms with E-state index in [0.29, 0.717) is 5.88 Å². The third-order valence-electron chi connectivity index (χ3n) is 2.91. The summed E-state index contributed by atoms with van der Waals surface area (Å²) in [5.41, 5.74) is 1.95. The van der Waals surface area contributed by atoms with E-state index in [1.54, 1.807) is 0 Å². The number of alkyl halides is 1. The molecule has 1 saturated heterocycles. The van der Waals surface area contributed by atoms with Crippen LogP contribution in [0.1, 0.15) is 25.1 Å². The molecule has 0 radical (unpaired) electrons. The Balaban J connectivity index is 2.19. The third-order valence-corrected chi connectivity index (χ3v) is 3.20. The average Bonchev–Trinajstić information content (AvgIpc) is 2.27. The Labute approximate surface area is 107 Å². The van der Waals surface area contributed by atoms with E-state index in [1.165, 1.54) is 0 Å². The summed E-state index contributed by atoms with van der Waals surface area (Å²) >= 11 is 5.80. The molecule has 0 spiro atoms. The van der Waals surface area contributed by atoms with Crippen molar-refractivity contribution >= 4 is 17.5 Å². The highest BCUT2D eigenvalue weighted by Crippen LogP contribution is 2.18. The molecule has 2 heterocycles. The number of halogens is 1. The smallest absolute Gasteiger partial charge is 0.225 e. The first-order valence-corrected chi connectivity index (χ1v) is 6.42. The van der Waals surface area contributed by atoms with E-state index >= 15 is 0 Å². The van der Waals surface area contributed by atoms with Crippen molar-refractivity contribution in [3.63, 3.8) is 0 Å². The first-order chi connectivity index (χ1) is 8.10. The Morgan fingerprint density at radius 1 is 1.41 bits per heavy atom. The van der Waals surface area contributed by atoms with Crippen LogP contribution in [0.25, 0.3) is 0 Å². The van der Waals surface area contributed by atoms with Gasteiger partial charge in [-0.1, -0.05) is 0 Å². The van der Waals surface area contributed by atoms with Gasteiger partial charge in [0, 0.05) is 30.5 Å². The molecular formula is C12H18ClN3O. The molecule has 1 aromatic heterocycles. The minimum absolute atomic E-state index is 0.218. The molecule has 1 aromatic rings. The lowest BCUT2D eigenvalue weighted by atomic mass is 10.2. The lowest BCUT2D eigenvalue weighted by Gasteiger charge is -2.35. The molecule has 2 rings (SSSR count). The van der Waals surface area contributed by atoms with Gasteiger partial charge in [-0.25, -0.2) is 9.97 Å². The molecule has 0 N–H and O–H groups in total. The van der Waals surface area contributed by atoms with Gasteiger partial charge in [0.15, 0.2) is 0 Å². The van der Waals surface area contributed by atoms with E-state index < -0.39 is 0 Å². The Hall–Kier alpha value is -0.870. The van der Waals surface area contributed by atoms with Crippen LogP contribution in [-0.2, 0) is 10.6 Å². The van der Waals surface area contributed by atoms with Crippen molar-refractivity contribution in [3.8, 4) is 0 Å². The Bertz CT molecular complexity index is 389. The lowest BCUT2D eigenvalue weighted by molar-refractivity contribution is -0.00573. The number of morpholine rings is 1. The standard InChI is InChI=1S/C12H18ClN3O/c1-8-6-16(7-9(2)17-8)12-14-5-11(4-13)10(3)15-12/h5,8-9H,4,6-7H2,1-3H3. The van der Waals surface area contributed by atoms with Gasteiger partial charge in [0.05, 0.1) is 18.1 Å². The largest absolute Gasteiger partial charge is 0.372 e. The van der Waals surface area contributed by atoms with Gasteiger partial charge in [0.2, 0.25) is 5.95 Å². The van der Waals surface area contributed by atoms with Gasteiger partial charge in [-0.05, 0) is 20.8 Å². The summed E-state index contributed by atoms with van der Waals surface area (Å²) in [6.07, 6.45) is 2.25. The van der Waals surface area contributed by atoms with Crippen LogP contribution in [0.4, 0.5) is 5.95 Å². The molecule has 0 saturated carbocycles.